The van der Waals surface area contributed by atoms with Crippen molar-refractivity contribution in [2.75, 3.05) is 6.54 Å². The van der Waals surface area contributed by atoms with Gasteiger partial charge in [0, 0.05) is 6.04 Å². The second-order valence-electron chi connectivity index (χ2n) is 5.57. The Bertz CT molecular complexity index is 246. The molecule has 0 fully saturated rings. The first-order chi connectivity index (χ1) is 7.93. The molecule has 0 aliphatic heterocycles. The van der Waals surface area contributed by atoms with Gasteiger partial charge in [-0.05, 0) is 45.1 Å². The molecule has 0 saturated carbocycles. The molecular weight excluding hydrogens is 206 g/mol. The molecule has 0 spiro atoms. The lowest BCUT2D eigenvalue weighted by Crippen LogP contribution is -2.35. The molecule has 0 aliphatic rings. The fourth-order valence-electron chi connectivity index (χ4n) is 2.44. The van der Waals surface area contributed by atoms with Crippen molar-refractivity contribution in [3.8, 4) is 0 Å². The van der Waals surface area contributed by atoms with Crippen molar-refractivity contribution in [2.24, 2.45) is 11.8 Å². The van der Waals surface area contributed by atoms with E-state index in [1.165, 1.54) is 12.0 Å². The summed E-state index contributed by atoms with van der Waals surface area (Å²) in [4.78, 5) is 0. The molecule has 0 amide bonds. The number of rotatable bonds is 8. The average molecular weight is 237 g/mol. The van der Waals surface area contributed by atoms with Crippen LogP contribution in [0.15, 0.2) is 23.8 Å². The summed E-state index contributed by atoms with van der Waals surface area (Å²) >= 11 is 0. The zero-order chi connectivity index (χ0) is 13.4. The van der Waals surface area contributed by atoms with Crippen molar-refractivity contribution in [3.63, 3.8) is 0 Å². The summed E-state index contributed by atoms with van der Waals surface area (Å²) in [6.45, 7) is 18.5. The van der Waals surface area contributed by atoms with Crippen LogP contribution in [-0.2, 0) is 0 Å². The SMILES string of the molecule is C=CC(C)C[C@@H](NCCC)C(=C(C)C)C(C)C. The smallest absolute Gasteiger partial charge is 0.0289 e. The van der Waals surface area contributed by atoms with Crippen molar-refractivity contribution in [1.29, 1.82) is 0 Å². The van der Waals surface area contributed by atoms with Gasteiger partial charge < -0.3 is 5.32 Å². The molecule has 0 heterocycles. The maximum Gasteiger partial charge on any atom is 0.0289 e. The van der Waals surface area contributed by atoms with Gasteiger partial charge in [0.15, 0.2) is 0 Å². The van der Waals surface area contributed by atoms with E-state index < -0.39 is 0 Å². The van der Waals surface area contributed by atoms with Crippen LogP contribution >= 0.6 is 0 Å². The predicted octanol–water partition coefficient (Wildman–Crippen LogP) is 4.56. The summed E-state index contributed by atoms with van der Waals surface area (Å²) in [5.41, 5.74) is 3.04. The molecule has 1 heteroatoms. The molecule has 100 valence electrons. The Morgan fingerprint density at radius 1 is 1.24 bits per heavy atom. The first kappa shape index (κ1) is 16.4. The molecule has 0 aromatic rings. The van der Waals surface area contributed by atoms with Crippen LogP contribution in [0.4, 0.5) is 0 Å². The average Bonchev–Trinajstić information content (AvgIpc) is 2.24. The van der Waals surface area contributed by atoms with Gasteiger partial charge >= 0.3 is 0 Å². The highest BCUT2D eigenvalue weighted by Crippen LogP contribution is 2.23. The van der Waals surface area contributed by atoms with Crippen molar-refractivity contribution >= 4 is 0 Å². The van der Waals surface area contributed by atoms with E-state index in [4.69, 9.17) is 0 Å². The van der Waals surface area contributed by atoms with Gasteiger partial charge in [0.1, 0.15) is 0 Å². The molecule has 0 radical (unpaired) electrons. The second-order valence-corrected chi connectivity index (χ2v) is 5.57. The number of nitrogens with one attached hydrogen (secondary N) is 1. The molecule has 0 bridgehead atoms. The first-order valence-electron chi connectivity index (χ1n) is 6.97. The Hall–Kier alpha value is -0.560. The number of hydrogen-bond donors (Lipinski definition) is 1. The van der Waals surface area contributed by atoms with Crippen LogP contribution in [0.1, 0.15) is 54.4 Å². The van der Waals surface area contributed by atoms with E-state index in [2.05, 4.69) is 59.5 Å². The Balaban J connectivity index is 4.86. The largest absolute Gasteiger partial charge is 0.310 e. The summed E-state index contributed by atoms with van der Waals surface area (Å²) in [6.07, 6.45) is 4.40. The molecule has 2 atom stereocenters. The molecule has 0 saturated heterocycles. The number of allylic oxidation sites excluding steroid dienone is 2. The Morgan fingerprint density at radius 2 is 1.82 bits per heavy atom. The van der Waals surface area contributed by atoms with Gasteiger partial charge in [-0.2, -0.15) is 0 Å². The maximum absolute atomic E-state index is 3.90. The normalized spacial score (nSPS) is 14.5. The summed E-state index contributed by atoms with van der Waals surface area (Å²) < 4.78 is 0. The van der Waals surface area contributed by atoms with Crippen LogP contribution in [0.3, 0.4) is 0 Å². The molecule has 0 rings (SSSR count). The second kappa shape index (κ2) is 8.52. The molecule has 1 nitrogen and oxygen atoms in total. The quantitative estimate of drug-likeness (QED) is 0.610. The van der Waals surface area contributed by atoms with E-state index in [-0.39, 0.29) is 0 Å². The van der Waals surface area contributed by atoms with Gasteiger partial charge in [0.25, 0.3) is 0 Å². The van der Waals surface area contributed by atoms with Crippen LogP contribution < -0.4 is 5.32 Å². The van der Waals surface area contributed by atoms with Crippen molar-refractivity contribution < 1.29 is 0 Å². The Morgan fingerprint density at radius 3 is 2.18 bits per heavy atom. The van der Waals surface area contributed by atoms with Crippen LogP contribution in [0.5, 0.6) is 0 Å². The summed E-state index contributed by atoms with van der Waals surface area (Å²) in [5.74, 6) is 1.18. The highest BCUT2D eigenvalue weighted by Gasteiger charge is 2.19. The standard InChI is InChI=1S/C16H31N/c1-8-10-17-15(11-14(7)9-2)16(12(3)4)13(5)6/h9,12,14-15,17H,2,8,10-11H2,1,3-7H3/t14?,15-/m1/s1. The van der Waals surface area contributed by atoms with Gasteiger partial charge in [-0.25, -0.2) is 0 Å². The van der Waals surface area contributed by atoms with Crippen molar-refractivity contribution in [1.82, 2.24) is 5.32 Å². The van der Waals surface area contributed by atoms with E-state index >= 15 is 0 Å². The van der Waals surface area contributed by atoms with E-state index in [0.29, 0.717) is 17.9 Å². The van der Waals surface area contributed by atoms with E-state index in [9.17, 15) is 0 Å². The molecule has 1 unspecified atom stereocenters. The van der Waals surface area contributed by atoms with Gasteiger partial charge in [0.2, 0.25) is 0 Å². The lowest BCUT2D eigenvalue weighted by Gasteiger charge is -2.28. The fraction of sp³-hybridized carbons (Fsp3) is 0.750. The summed E-state index contributed by atoms with van der Waals surface area (Å²) in [6, 6.07) is 0.507. The van der Waals surface area contributed by atoms with Crippen molar-refractivity contribution in [2.45, 2.75) is 60.4 Å². The molecule has 0 aromatic carbocycles. The van der Waals surface area contributed by atoms with Crippen LogP contribution in [0.25, 0.3) is 0 Å². The van der Waals surface area contributed by atoms with Gasteiger partial charge in [-0.1, -0.05) is 44.9 Å². The molecule has 1 N–H and O–H groups in total. The minimum absolute atomic E-state index is 0.507. The van der Waals surface area contributed by atoms with E-state index in [1.807, 2.05) is 0 Å². The zero-order valence-electron chi connectivity index (χ0n) is 12.6. The van der Waals surface area contributed by atoms with E-state index in [1.54, 1.807) is 5.57 Å². The number of hydrogen-bond acceptors (Lipinski definition) is 1. The Kier molecular flexibility index (Phi) is 8.24. The molecule has 17 heavy (non-hydrogen) atoms. The summed E-state index contributed by atoms with van der Waals surface area (Å²) in [5, 5.41) is 3.69. The third-order valence-corrected chi connectivity index (χ3v) is 3.23. The van der Waals surface area contributed by atoms with E-state index in [0.717, 1.165) is 13.0 Å². The van der Waals surface area contributed by atoms with Crippen LogP contribution in [0.2, 0.25) is 0 Å². The fourth-order valence-corrected chi connectivity index (χ4v) is 2.44. The van der Waals surface area contributed by atoms with Crippen LogP contribution in [-0.4, -0.2) is 12.6 Å². The summed E-state index contributed by atoms with van der Waals surface area (Å²) in [7, 11) is 0. The highest BCUT2D eigenvalue weighted by molar-refractivity contribution is 5.19. The minimum Gasteiger partial charge on any atom is -0.310 e. The van der Waals surface area contributed by atoms with Gasteiger partial charge in [0.05, 0.1) is 0 Å². The monoisotopic (exact) mass is 237 g/mol. The Labute approximate surface area is 108 Å². The van der Waals surface area contributed by atoms with Crippen molar-refractivity contribution in [3.05, 3.63) is 23.8 Å². The van der Waals surface area contributed by atoms with Crippen LogP contribution in [0, 0.1) is 11.8 Å². The lowest BCUT2D eigenvalue weighted by molar-refractivity contribution is 0.451. The predicted molar refractivity (Wildman–Crippen MR) is 79.3 cm³/mol. The molecule has 0 aromatic heterocycles. The third kappa shape index (κ3) is 6.07. The zero-order valence-corrected chi connectivity index (χ0v) is 12.6. The molecule has 0 aliphatic carbocycles. The third-order valence-electron chi connectivity index (χ3n) is 3.23. The van der Waals surface area contributed by atoms with Gasteiger partial charge in [-0.3, -0.25) is 0 Å². The lowest BCUT2D eigenvalue weighted by atomic mass is 9.86. The molecular formula is C16H31N. The topological polar surface area (TPSA) is 12.0 Å². The minimum atomic E-state index is 0.507. The first-order valence-corrected chi connectivity index (χ1v) is 6.97. The highest BCUT2D eigenvalue weighted by atomic mass is 14.9. The maximum atomic E-state index is 3.90. The van der Waals surface area contributed by atoms with Gasteiger partial charge in [-0.15, -0.1) is 6.58 Å².